The zero-order chi connectivity index (χ0) is 14.7. The van der Waals surface area contributed by atoms with E-state index in [4.69, 9.17) is 4.42 Å². The fourth-order valence-electron chi connectivity index (χ4n) is 1.95. The van der Waals surface area contributed by atoms with Crippen LogP contribution in [0.2, 0.25) is 0 Å². The van der Waals surface area contributed by atoms with Crippen molar-refractivity contribution in [2.45, 2.75) is 20.0 Å². The Balaban J connectivity index is 1.73. The smallest absolute Gasteiger partial charge is 0.247 e. The molecule has 0 aliphatic heterocycles. The molecule has 0 saturated heterocycles. The molecule has 0 fully saturated rings. The molecule has 0 amide bonds. The zero-order valence-electron chi connectivity index (χ0n) is 11.9. The maximum Gasteiger partial charge on any atom is 0.247 e. The number of hydrogen-bond donors (Lipinski definition) is 1. The van der Waals surface area contributed by atoms with E-state index in [1.807, 2.05) is 44.4 Å². The van der Waals surface area contributed by atoms with E-state index in [1.54, 1.807) is 4.68 Å². The lowest BCUT2D eigenvalue weighted by atomic mass is 10.1. The van der Waals surface area contributed by atoms with Crippen LogP contribution in [0.5, 0.6) is 0 Å². The second-order valence-electron chi connectivity index (χ2n) is 4.80. The molecule has 0 saturated carbocycles. The van der Waals surface area contributed by atoms with E-state index in [2.05, 4.69) is 25.8 Å². The molecule has 3 aromatic rings. The molecular weight excluding hydrogens is 268 g/mol. The number of rotatable bonds is 5. The Morgan fingerprint density at radius 1 is 1.14 bits per heavy atom. The summed E-state index contributed by atoms with van der Waals surface area (Å²) in [6.07, 6.45) is 1.85. The zero-order valence-corrected chi connectivity index (χ0v) is 11.9. The summed E-state index contributed by atoms with van der Waals surface area (Å²) in [6, 6.07) is 7.96. The van der Waals surface area contributed by atoms with Crippen LogP contribution in [0.4, 0.5) is 0 Å². The lowest BCUT2D eigenvalue weighted by Crippen LogP contribution is -2.05. The Bertz CT molecular complexity index is 715. The first-order valence-electron chi connectivity index (χ1n) is 6.67. The van der Waals surface area contributed by atoms with E-state index >= 15 is 0 Å². The van der Waals surface area contributed by atoms with Gasteiger partial charge in [-0.15, -0.1) is 15.3 Å². The van der Waals surface area contributed by atoms with Crippen molar-refractivity contribution in [3.05, 3.63) is 47.6 Å². The monoisotopic (exact) mass is 284 g/mol. The van der Waals surface area contributed by atoms with Crippen molar-refractivity contribution in [3.63, 3.8) is 0 Å². The number of nitrogens with zero attached hydrogens (tertiary/aromatic N) is 5. The van der Waals surface area contributed by atoms with Crippen LogP contribution in [0, 0.1) is 6.92 Å². The highest BCUT2D eigenvalue weighted by Crippen LogP contribution is 2.18. The van der Waals surface area contributed by atoms with Gasteiger partial charge in [0.2, 0.25) is 11.8 Å². The summed E-state index contributed by atoms with van der Waals surface area (Å²) in [7, 11) is 1.87. The Kier molecular flexibility index (Phi) is 3.74. The molecule has 7 heteroatoms. The van der Waals surface area contributed by atoms with E-state index in [0.29, 0.717) is 24.9 Å². The predicted octanol–water partition coefficient (Wildman–Crippen LogP) is 1.40. The number of benzene rings is 1. The third-order valence-corrected chi connectivity index (χ3v) is 3.01. The van der Waals surface area contributed by atoms with E-state index in [-0.39, 0.29) is 0 Å². The van der Waals surface area contributed by atoms with Crippen LogP contribution < -0.4 is 5.32 Å². The molecule has 0 bridgehead atoms. The van der Waals surface area contributed by atoms with Gasteiger partial charge in [0.1, 0.15) is 6.54 Å². The van der Waals surface area contributed by atoms with Crippen molar-refractivity contribution in [3.8, 4) is 11.5 Å². The van der Waals surface area contributed by atoms with Crippen LogP contribution >= 0.6 is 0 Å². The quantitative estimate of drug-likeness (QED) is 0.762. The first-order chi connectivity index (χ1) is 10.2. The summed E-state index contributed by atoms with van der Waals surface area (Å²) >= 11 is 0. The molecule has 0 spiro atoms. The number of nitrogens with one attached hydrogen (secondary N) is 1. The first kappa shape index (κ1) is 13.4. The number of aryl methyl sites for hydroxylation is 1. The second kappa shape index (κ2) is 5.84. The average Bonchev–Trinajstić information content (AvgIpc) is 3.11. The number of hydrogen-bond acceptors (Lipinski definition) is 6. The minimum atomic E-state index is 0.412. The van der Waals surface area contributed by atoms with Gasteiger partial charge in [0.15, 0.2) is 0 Å². The van der Waals surface area contributed by atoms with Crippen molar-refractivity contribution in [1.82, 2.24) is 30.5 Å². The predicted molar refractivity (Wildman–Crippen MR) is 76.4 cm³/mol. The van der Waals surface area contributed by atoms with Crippen molar-refractivity contribution in [1.29, 1.82) is 0 Å². The molecule has 0 aliphatic carbocycles. The molecule has 7 nitrogen and oxygen atoms in total. The van der Waals surface area contributed by atoms with Gasteiger partial charge in [0.05, 0.1) is 11.9 Å². The molecule has 108 valence electrons. The third kappa shape index (κ3) is 3.14. The average molecular weight is 284 g/mol. The molecule has 3 rings (SSSR count). The fourth-order valence-corrected chi connectivity index (χ4v) is 1.95. The van der Waals surface area contributed by atoms with Crippen LogP contribution in [0.15, 0.2) is 34.9 Å². The lowest BCUT2D eigenvalue weighted by Gasteiger charge is -1.96. The van der Waals surface area contributed by atoms with Crippen molar-refractivity contribution in [2.75, 3.05) is 7.05 Å². The first-order valence-corrected chi connectivity index (χ1v) is 6.67. The standard InChI is InChI=1S/C14H16N6O/c1-10-3-5-11(6-4-10)14-18-17-13(21-14)9-20-8-12(7-15-2)16-19-20/h3-6,8,15H,7,9H2,1-2H3. The molecule has 1 N–H and O–H groups in total. The highest BCUT2D eigenvalue weighted by atomic mass is 16.4. The minimum Gasteiger partial charge on any atom is -0.419 e. The Morgan fingerprint density at radius 2 is 1.95 bits per heavy atom. The highest BCUT2D eigenvalue weighted by Gasteiger charge is 2.10. The van der Waals surface area contributed by atoms with Crippen molar-refractivity contribution in [2.24, 2.45) is 0 Å². The maximum absolute atomic E-state index is 5.66. The second-order valence-corrected chi connectivity index (χ2v) is 4.80. The molecule has 0 unspecified atom stereocenters. The van der Waals surface area contributed by atoms with Crippen LogP contribution in [0.1, 0.15) is 17.1 Å². The minimum absolute atomic E-state index is 0.412. The van der Waals surface area contributed by atoms with E-state index in [9.17, 15) is 0 Å². The van der Waals surface area contributed by atoms with Gasteiger partial charge in [-0.25, -0.2) is 4.68 Å². The Hall–Kier alpha value is -2.54. The van der Waals surface area contributed by atoms with E-state index in [1.165, 1.54) is 5.56 Å². The van der Waals surface area contributed by atoms with Gasteiger partial charge in [-0.1, -0.05) is 22.9 Å². The van der Waals surface area contributed by atoms with E-state index in [0.717, 1.165) is 11.3 Å². The van der Waals surface area contributed by atoms with Gasteiger partial charge < -0.3 is 9.73 Å². The van der Waals surface area contributed by atoms with Crippen LogP contribution in [-0.2, 0) is 13.1 Å². The van der Waals surface area contributed by atoms with Gasteiger partial charge in [0.25, 0.3) is 0 Å². The molecule has 2 heterocycles. The lowest BCUT2D eigenvalue weighted by molar-refractivity contribution is 0.469. The van der Waals surface area contributed by atoms with Crippen LogP contribution in [0.3, 0.4) is 0 Å². The molecule has 0 atom stereocenters. The third-order valence-electron chi connectivity index (χ3n) is 3.01. The van der Waals surface area contributed by atoms with Gasteiger partial charge in [-0.2, -0.15) is 0 Å². The molecular formula is C14H16N6O. The highest BCUT2D eigenvalue weighted by molar-refractivity contribution is 5.52. The fraction of sp³-hybridized carbons (Fsp3) is 0.286. The van der Waals surface area contributed by atoms with E-state index < -0.39 is 0 Å². The van der Waals surface area contributed by atoms with Gasteiger partial charge in [-0.3, -0.25) is 0 Å². The van der Waals surface area contributed by atoms with Gasteiger partial charge in [0, 0.05) is 12.1 Å². The summed E-state index contributed by atoms with van der Waals surface area (Å²) in [5.74, 6) is 1.02. The molecule has 1 aromatic carbocycles. The summed E-state index contributed by atoms with van der Waals surface area (Å²) in [6.45, 7) is 3.13. The normalized spacial score (nSPS) is 11.0. The van der Waals surface area contributed by atoms with Gasteiger partial charge >= 0.3 is 0 Å². The van der Waals surface area contributed by atoms with Gasteiger partial charge in [-0.05, 0) is 26.1 Å². The largest absolute Gasteiger partial charge is 0.419 e. The summed E-state index contributed by atoms with van der Waals surface area (Å²) in [5, 5.41) is 19.2. The topological polar surface area (TPSA) is 81.7 Å². The number of aromatic nitrogens is 5. The molecule has 0 aliphatic rings. The molecule has 2 aromatic heterocycles. The van der Waals surface area contributed by atoms with Crippen LogP contribution in [-0.4, -0.2) is 32.2 Å². The Labute approximate surface area is 122 Å². The summed E-state index contributed by atoms with van der Waals surface area (Å²) in [5.41, 5.74) is 2.97. The van der Waals surface area contributed by atoms with Crippen molar-refractivity contribution < 1.29 is 4.42 Å². The van der Waals surface area contributed by atoms with Crippen molar-refractivity contribution >= 4 is 0 Å². The summed E-state index contributed by atoms with van der Waals surface area (Å²) < 4.78 is 7.34. The maximum atomic E-state index is 5.66. The summed E-state index contributed by atoms with van der Waals surface area (Å²) in [4.78, 5) is 0. The van der Waals surface area contributed by atoms with Crippen LogP contribution in [0.25, 0.3) is 11.5 Å². The SMILES string of the molecule is CNCc1cn(Cc2nnc(-c3ccc(C)cc3)o2)nn1. The Morgan fingerprint density at radius 3 is 2.71 bits per heavy atom. The molecule has 21 heavy (non-hydrogen) atoms. The molecule has 0 radical (unpaired) electrons.